The first-order valence-corrected chi connectivity index (χ1v) is 10.1. The van der Waals surface area contributed by atoms with E-state index in [1.807, 2.05) is 46.4 Å². The molecule has 0 amide bonds. The number of nitrogens with zero attached hydrogens (tertiary/aromatic N) is 4. The van der Waals surface area contributed by atoms with Gasteiger partial charge in [-0.2, -0.15) is 4.68 Å². The summed E-state index contributed by atoms with van der Waals surface area (Å²) < 4.78 is 1.86. The van der Waals surface area contributed by atoms with Crippen LogP contribution in [-0.2, 0) is 13.0 Å². The zero-order valence-electron chi connectivity index (χ0n) is 14.8. The molecule has 1 unspecified atom stereocenters. The third-order valence-electron chi connectivity index (χ3n) is 5.23. The predicted octanol–water partition coefficient (Wildman–Crippen LogP) is 2.45. The maximum Gasteiger partial charge on any atom is 0.211 e. The molecule has 0 spiro atoms. The lowest BCUT2D eigenvalue weighted by molar-refractivity contribution is -0.941. The fourth-order valence-electron chi connectivity index (χ4n) is 3.99. The van der Waals surface area contributed by atoms with E-state index in [9.17, 15) is 0 Å². The molecule has 2 aromatic heterocycles. The molecule has 2 aromatic carbocycles. The fraction of sp³-hybridized carbons (Fsp3) is 0.190. The molecular weight excluding hydrogens is 354 g/mol. The molecule has 1 aliphatic heterocycles. The van der Waals surface area contributed by atoms with Crippen LogP contribution in [0.15, 0.2) is 72.1 Å². The number of tetrazole rings is 1. The van der Waals surface area contributed by atoms with Crippen LogP contribution < -0.4 is 4.90 Å². The van der Waals surface area contributed by atoms with E-state index in [2.05, 4.69) is 57.3 Å². The van der Waals surface area contributed by atoms with Gasteiger partial charge in [0, 0.05) is 22.4 Å². The quantitative estimate of drug-likeness (QED) is 0.597. The summed E-state index contributed by atoms with van der Waals surface area (Å²) in [6, 6.07) is 23.5. The number of thiophene rings is 1. The molecule has 4 aromatic rings. The largest absolute Gasteiger partial charge is 0.318 e. The van der Waals surface area contributed by atoms with Crippen molar-refractivity contribution in [3.63, 3.8) is 0 Å². The highest BCUT2D eigenvalue weighted by atomic mass is 32.1. The van der Waals surface area contributed by atoms with Gasteiger partial charge in [-0.1, -0.05) is 48.5 Å². The standard InChI is InChI=1S/C21H19N5S/c1-3-7-16(8-4-1)21-18-12-14-27-19(18)11-13-25(21)15-20-22-23-24-26(20)17-9-5-2-6-10-17/h1-10,12,14,21H,11,13,15H2/p+1/t21-/m1/s1. The number of aromatic nitrogens is 4. The van der Waals surface area contributed by atoms with E-state index in [0.717, 1.165) is 31.0 Å². The second kappa shape index (κ2) is 7.06. The summed E-state index contributed by atoms with van der Waals surface area (Å²) in [5.41, 5.74) is 3.80. The first kappa shape index (κ1) is 16.4. The Hall–Kier alpha value is -2.83. The molecule has 2 atom stereocenters. The van der Waals surface area contributed by atoms with Crippen LogP contribution in [0.25, 0.3) is 5.69 Å². The van der Waals surface area contributed by atoms with E-state index in [4.69, 9.17) is 0 Å². The maximum absolute atomic E-state index is 4.34. The Balaban J connectivity index is 1.51. The van der Waals surface area contributed by atoms with Crippen LogP contribution in [-0.4, -0.2) is 26.8 Å². The van der Waals surface area contributed by atoms with Gasteiger partial charge >= 0.3 is 0 Å². The molecule has 0 saturated carbocycles. The lowest BCUT2D eigenvalue weighted by atomic mass is 9.93. The molecule has 5 rings (SSSR count). The number of fused-ring (bicyclic) bond motifs is 1. The van der Waals surface area contributed by atoms with E-state index in [0.29, 0.717) is 6.04 Å². The molecule has 0 saturated heterocycles. The molecule has 134 valence electrons. The Kier molecular flexibility index (Phi) is 4.27. The van der Waals surface area contributed by atoms with Gasteiger partial charge in [0.1, 0.15) is 12.6 Å². The van der Waals surface area contributed by atoms with E-state index in [-0.39, 0.29) is 0 Å². The van der Waals surface area contributed by atoms with Crippen molar-refractivity contribution in [2.24, 2.45) is 0 Å². The average Bonchev–Trinajstić information content (AvgIpc) is 3.38. The molecule has 27 heavy (non-hydrogen) atoms. The summed E-state index contributed by atoms with van der Waals surface area (Å²) >= 11 is 1.87. The van der Waals surface area contributed by atoms with Crippen LogP contribution >= 0.6 is 11.3 Å². The zero-order valence-corrected chi connectivity index (χ0v) is 15.6. The summed E-state index contributed by atoms with van der Waals surface area (Å²) in [7, 11) is 0. The minimum absolute atomic E-state index is 0.321. The second-order valence-corrected chi connectivity index (χ2v) is 7.82. The SMILES string of the molecule is c1ccc([C@@H]2c3ccsc3CC[NH+]2Cc2nnnn2-c2ccccc2)cc1. The Bertz CT molecular complexity index is 1020. The normalized spacial score (nSPS) is 19.0. The highest BCUT2D eigenvalue weighted by Crippen LogP contribution is 2.29. The topological polar surface area (TPSA) is 48.0 Å². The van der Waals surface area contributed by atoms with Gasteiger partial charge < -0.3 is 4.90 Å². The molecule has 0 radical (unpaired) electrons. The Morgan fingerprint density at radius 2 is 1.78 bits per heavy atom. The van der Waals surface area contributed by atoms with Crippen LogP contribution in [0.1, 0.15) is 27.9 Å². The van der Waals surface area contributed by atoms with E-state index in [1.165, 1.54) is 20.9 Å². The van der Waals surface area contributed by atoms with Gasteiger partial charge in [0.05, 0.1) is 12.2 Å². The third-order valence-corrected chi connectivity index (χ3v) is 6.22. The van der Waals surface area contributed by atoms with Crippen LogP contribution in [0.5, 0.6) is 0 Å². The minimum atomic E-state index is 0.321. The third kappa shape index (κ3) is 3.07. The van der Waals surface area contributed by atoms with Crippen LogP contribution in [0, 0.1) is 0 Å². The number of quaternary nitrogens is 1. The smallest absolute Gasteiger partial charge is 0.211 e. The highest BCUT2D eigenvalue weighted by Gasteiger charge is 2.34. The molecule has 0 fully saturated rings. The number of nitrogens with one attached hydrogen (secondary N) is 1. The number of hydrogen-bond donors (Lipinski definition) is 1. The number of hydrogen-bond acceptors (Lipinski definition) is 4. The predicted molar refractivity (Wildman–Crippen MR) is 105 cm³/mol. The Morgan fingerprint density at radius 3 is 2.59 bits per heavy atom. The van der Waals surface area contributed by atoms with Gasteiger partial charge in [0.25, 0.3) is 0 Å². The van der Waals surface area contributed by atoms with Crippen LogP contribution in [0.2, 0.25) is 0 Å². The van der Waals surface area contributed by atoms with E-state index in [1.54, 1.807) is 0 Å². The molecule has 0 aliphatic carbocycles. The van der Waals surface area contributed by atoms with Crippen molar-refractivity contribution in [2.45, 2.75) is 19.0 Å². The van der Waals surface area contributed by atoms with Gasteiger partial charge in [0.15, 0.2) is 0 Å². The first-order chi connectivity index (χ1) is 13.4. The number of benzene rings is 2. The first-order valence-electron chi connectivity index (χ1n) is 9.18. The molecule has 6 heteroatoms. The summed E-state index contributed by atoms with van der Waals surface area (Å²) in [5, 5.41) is 14.7. The summed E-state index contributed by atoms with van der Waals surface area (Å²) in [4.78, 5) is 2.99. The van der Waals surface area contributed by atoms with Gasteiger partial charge in [-0.3, -0.25) is 0 Å². The van der Waals surface area contributed by atoms with E-state index < -0.39 is 0 Å². The second-order valence-electron chi connectivity index (χ2n) is 6.82. The molecular formula is C21H20N5S+. The van der Waals surface area contributed by atoms with Crippen LogP contribution in [0.3, 0.4) is 0 Å². The zero-order chi connectivity index (χ0) is 18.1. The van der Waals surface area contributed by atoms with E-state index >= 15 is 0 Å². The average molecular weight is 374 g/mol. The van der Waals surface area contributed by atoms with Crippen molar-refractivity contribution in [3.8, 4) is 5.69 Å². The Morgan fingerprint density at radius 1 is 1.00 bits per heavy atom. The van der Waals surface area contributed by atoms with Crippen molar-refractivity contribution in [1.29, 1.82) is 0 Å². The molecule has 5 nitrogen and oxygen atoms in total. The van der Waals surface area contributed by atoms with Crippen molar-refractivity contribution in [3.05, 3.63) is 93.9 Å². The fourth-order valence-corrected chi connectivity index (χ4v) is 4.91. The van der Waals surface area contributed by atoms with Crippen molar-refractivity contribution in [1.82, 2.24) is 20.2 Å². The number of para-hydroxylation sites is 1. The summed E-state index contributed by atoms with van der Waals surface area (Å²) in [5.74, 6) is 0.899. The Labute approximate surface area is 161 Å². The van der Waals surface area contributed by atoms with Crippen LogP contribution in [0.4, 0.5) is 0 Å². The van der Waals surface area contributed by atoms with Crippen molar-refractivity contribution >= 4 is 11.3 Å². The molecule has 1 aliphatic rings. The van der Waals surface area contributed by atoms with Crippen molar-refractivity contribution in [2.75, 3.05) is 6.54 Å². The summed E-state index contributed by atoms with van der Waals surface area (Å²) in [6.07, 6.45) is 1.11. The van der Waals surface area contributed by atoms with Gasteiger partial charge in [-0.05, 0) is 34.0 Å². The molecule has 0 bridgehead atoms. The monoisotopic (exact) mass is 374 g/mol. The lowest BCUT2D eigenvalue weighted by Gasteiger charge is -2.32. The molecule has 1 N–H and O–H groups in total. The highest BCUT2D eigenvalue weighted by molar-refractivity contribution is 7.10. The van der Waals surface area contributed by atoms with Gasteiger partial charge in [-0.25, -0.2) is 0 Å². The van der Waals surface area contributed by atoms with Gasteiger partial charge in [-0.15, -0.1) is 16.4 Å². The molecule has 3 heterocycles. The number of rotatable bonds is 4. The summed E-state index contributed by atoms with van der Waals surface area (Å²) in [6.45, 7) is 1.87. The van der Waals surface area contributed by atoms with Crippen molar-refractivity contribution < 1.29 is 4.90 Å². The minimum Gasteiger partial charge on any atom is -0.318 e. The van der Waals surface area contributed by atoms with Gasteiger partial charge in [0.2, 0.25) is 5.82 Å². The lowest BCUT2D eigenvalue weighted by Crippen LogP contribution is -3.12. The maximum atomic E-state index is 4.34.